The van der Waals surface area contributed by atoms with Gasteiger partial charge in [-0.2, -0.15) is 0 Å². The van der Waals surface area contributed by atoms with E-state index in [9.17, 15) is 4.79 Å². The lowest BCUT2D eigenvalue weighted by Gasteiger charge is -2.15. The van der Waals surface area contributed by atoms with Crippen LogP contribution in [0.15, 0.2) is 35.3 Å². The van der Waals surface area contributed by atoms with E-state index in [1.165, 1.54) is 19.3 Å². The van der Waals surface area contributed by atoms with E-state index in [1.54, 1.807) is 12.1 Å². The number of carbonyl (C=O) groups excluding carboxylic acids is 1. The second-order valence-electron chi connectivity index (χ2n) is 5.49. The topological polar surface area (TPSA) is 38.7 Å². The number of hydrogen-bond donors (Lipinski definition) is 0. The zero-order valence-electron chi connectivity index (χ0n) is 13.4. The van der Waals surface area contributed by atoms with Gasteiger partial charge in [0.15, 0.2) is 0 Å². The number of ether oxygens (including phenoxy) is 1. The molecule has 1 aromatic rings. The van der Waals surface area contributed by atoms with Gasteiger partial charge in [-0.1, -0.05) is 38.0 Å². The molecule has 0 radical (unpaired) electrons. The van der Waals surface area contributed by atoms with Crippen molar-refractivity contribution in [3.8, 4) is 0 Å². The highest BCUT2D eigenvalue weighted by Gasteiger charge is 2.13. The lowest BCUT2D eigenvalue weighted by Crippen LogP contribution is -2.19. The summed E-state index contributed by atoms with van der Waals surface area (Å²) in [6, 6.07) is 9.28. The summed E-state index contributed by atoms with van der Waals surface area (Å²) in [6.07, 6.45) is 7.36. The van der Waals surface area contributed by atoms with Gasteiger partial charge in [0, 0.05) is 6.42 Å². The van der Waals surface area contributed by atoms with Crippen LogP contribution in [0, 0.1) is 0 Å². The van der Waals surface area contributed by atoms with Crippen LogP contribution in [0.4, 0.5) is 0 Å². The third-order valence-corrected chi connectivity index (χ3v) is 3.29. The summed E-state index contributed by atoms with van der Waals surface area (Å²) in [6.45, 7) is 6.18. The highest BCUT2D eigenvalue weighted by Crippen LogP contribution is 2.09. The Morgan fingerprint density at radius 2 is 1.95 bits per heavy atom. The molecule has 0 aliphatic rings. The highest BCUT2D eigenvalue weighted by molar-refractivity contribution is 5.89. The normalized spacial score (nSPS) is 14.0. The SMILES string of the molecule is CCCCCC=NC(C)CC(C)OC(=O)c1ccccc1. The number of rotatable bonds is 9. The molecule has 0 heterocycles. The molecule has 0 aliphatic carbocycles. The fraction of sp³-hybridized carbons (Fsp3) is 0.556. The van der Waals surface area contributed by atoms with Crippen LogP contribution in [-0.2, 0) is 4.74 Å². The van der Waals surface area contributed by atoms with Crippen molar-refractivity contribution in [1.29, 1.82) is 0 Å². The third-order valence-electron chi connectivity index (χ3n) is 3.29. The zero-order chi connectivity index (χ0) is 15.5. The molecule has 0 N–H and O–H groups in total. The summed E-state index contributed by atoms with van der Waals surface area (Å²) in [4.78, 5) is 16.4. The molecule has 2 unspecified atom stereocenters. The van der Waals surface area contributed by atoms with E-state index < -0.39 is 0 Å². The maximum atomic E-state index is 11.9. The largest absolute Gasteiger partial charge is 0.459 e. The van der Waals surface area contributed by atoms with Crippen molar-refractivity contribution in [2.45, 2.75) is 65.0 Å². The molecule has 3 heteroatoms. The van der Waals surface area contributed by atoms with Crippen molar-refractivity contribution in [3.63, 3.8) is 0 Å². The monoisotopic (exact) mass is 289 g/mol. The second kappa shape index (κ2) is 10.1. The number of unbranched alkanes of at least 4 members (excludes halogenated alkanes) is 3. The Balaban J connectivity index is 2.29. The average molecular weight is 289 g/mol. The van der Waals surface area contributed by atoms with Crippen LogP contribution < -0.4 is 0 Å². The molecule has 3 nitrogen and oxygen atoms in total. The summed E-state index contributed by atoms with van der Waals surface area (Å²) in [5.74, 6) is -0.262. The van der Waals surface area contributed by atoms with Crippen LogP contribution in [0.2, 0.25) is 0 Å². The molecule has 1 rings (SSSR count). The number of hydrogen-bond acceptors (Lipinski definition) is 3. The molecule has 0 aromatic heterocycles. The van der Waals surface area contributed by atoms with E-state index in [0.717, 1.165) is 12.8 Å². The van der Waals surface area contributed by atoms with E-state index in [0.29, 0.717) is 5.56 Å². The van der Waals surface area contributed by atoms with Crippen molar-refractivity contribution < 1.29 is 9.53 Å². The third kappa shape index (κ3) is 7.64. The van der Waals surface area contributed by atoms with Gasteiger partial charge in [-0.25, -0.2) is 4.79 Å². The fourth-order valence-electron chi connectivity index (χ4n) is 2.15. The van der Waals surface area contributed by atoms with Crippen molar-refractivity contribution in [2.24, 2.45) is 4.99 Å². The first-order chi connectivity index (χ1) is 10.1. The van der Waals surface area contributed by atoms with Gasteiger partial charge in [-0.3, -0.25) is 4.99 Å². The lowest BCUT2D eigenvalue weighted by molar-refractivity contribution is 0.0315. The summed E-state index contributed by atoms with van der Waals surface area (Å²) in [5, 5.41) is 0. The summed E-state index contributed by atoms with van der Waals surface area (Å²) < 4.78 is 5.44. The molecule has 0 saturated carbocycles. The van der Waals surface area contributed by atoms with E-state index in [-0.39, 0.29) is 18.1 Å². The molecule has 1 aromatic carbocycles. The van der Waals surface area contributed by atoms with Crippen LogP contribution in [-0.4, -0.2) is 24.3 Å². The predicted molar refractivity (Wildman–Crippen MR) is 88.0 cm³/mol. The van der Waals surface area contributed by atoms with Gasteiger partial charge >= 0.3 is 5.97 Å². The van der Waals surface area contributed by atoms with Gasteiger partial charge in [0.2, 0.25) is 0 Å². The molecule has 0 saturated heterocycles. The van der Waals surface area contributed by atoms with Crippen LogP contribution in [0.25, 0.3) is 0 Å². The summed E-state index contributed by atoms with van der Waals surface area (Å²) >= 11 is 0. The molecular formula is C18H27NO2. The number of aliphatic imine (C=N–C) groups is 1. The maximum Gasteiger partial charge on any atom is 0.338 e. The quantitative estimate of drug-likeness (QED) is 0.377. The summed E-state index contributed by atoms with van der Waals surface area (Å²) in [7, 11) is 0. The van der Waals surface area contributed by atoms with Crippen LogP contribution in [0.1, 0.15) is 63.2 Å². The van der Waals surface area contributed by atoms with Crippen LogP contribution in [0.5, 0.6) is 0 Å². The van der Waals surface area contributed by atoms with E-state index in [4.69, 9.17) is 4.74 Å². The first-order valence-electron chi connectivity index (χ1n) is 7.91. The lowest BCUT2D eigenvalue weighted by atomic mass is 10.1. The van der Waals surface area contributed by atoms with E-state index >= 15 is 0 Å². The van der Waals surface area contributed by atoms with Gasteiger partial charge in [0.05, 0.1) is 11.6 Å². The van der Waals surface area contributed by atoms with Crippen molar-refractivity contribution in [3.05, 3.63) is 35.9 Å². The fourth-order valence-corrected chi connectivity index (χ4v) is 2.15. The van der Waals surface area contributed by atoms with Gasteiger partial charge < -0.3 is 4.74 Å². The highest BCUT2D eigenvalue weighted by atomic mass is 16.5. The molecule has 0 amide bonds. The van der Waals surface area contributed by atoms with Gasteiger partial charge in [-0.15, -0.1) is 0 Å². The predicted octanol–water partition coefficient (Wildman–Crippen LogP) is 4.66. The minimum absolute atomic E-state index is 0.125. The minimum atomic E-state index is -0.262. The zero-order valence-corrected chi connectivity index (χ0v) is 13.4. The van der Waals surface area contributed by atoms with Crippen molar-refractivity contribution >= 4 is 12.2 Å². The Morgan fingerprint density at radius 3 is 2.62 bits per heavy atom. The smallest absolute Gasteiger partial charge is 0.338 e. The maximum absolute atomic E-state index is 11.9. The van der Waals surface area contributed by atoms with Crippen LogP contribution >= 0.6 is 0 Å². The number of benzene rings is 1. The van der Waals surface area contributed by atoms with Crippen LogP contribution in [0.3, 0.4) is 0 Å². The Labute approximate surface area is 128 Å². The molecular weight excluding hydrogens is 262 g/mol. The minimum Gasteiger partial charge on any atom is -0.459 e. The number of carbonyl (C=O) groups is 1. The average Bonchev–Trinajstić information content (AvgIpc) is 2.47. The Bertz CT molecular complexity index is 428. The van der Waals surface area contributed by atoms with Crippen molar-refractivity contribution in [1.82, 2.24) is 0 Å². The molecule has 0 spiro atoms. The molecule has 2 atom stereocenters. The van der Waals surface area contributed by atoms with Gasteiger partial charge in [0.1, 0.15) is 6.10 Å². The molecule has 0 fully saturated rings. The summed E-state index contributed by atoms with van der Waals surface area (Å²) in [5.41, 5.74) is 0.597. The first kappa shape index (κ1) is 17.4. The van der Waals surface area contributed by atoms with Gasteiger partial charge in [0.25, 0.3) is 0 Å². The van der Waals surface area contributed by atoms with E-state index in [2.05, 4.69) is 18.8 Å². The molecule has 116 valence electrons. The number of nitrogens with zero attached hydrogens (tertiary/aromatic N) is 1. The standard InChI is InChI=1S/C18H27NO2/c1-4-5-6-10-13-19-15(2)14-16(3)21-18(20)17-11-8-7-9-12-17/h7-9,11-13,15-16H,4-6,10,14H2,1-3H3. The van der Waals surface area contributed by atoms with Gasteiger partial charge in [-0.05, 0) is 45.0 Å². The number of esters is 1. The first-order valence-corrected chi connectivity index (χ1v) is 7.91. The Kier molecular flexibility index (Phi) is 8.41. The Hall–Kier alpha value is -1.64. The van der Waals surface area contributed by atoms with E-state index in [1.807, 2.05) is 31.3 Å². The molecule has 21 heavy (non-hydrogen) atoms. The molecule has 0 bridgehead atoms. The Morgan fingerprint density at radius 1 is 1.24 bits per heavy atom. The van der Waals surface area contributed by atoms with Crippen molar-refractivity contribution in [2.75, 3.05) is 0 Å². The molecule has 0 aliphatic heterocycles. The second-order valence-corrected chi connectivity index (χ2v) is 5.49.